The van der Waals surface area contributed by atoms with E-state index < -0.39 is 73.1 Å². The van der Waals surface area contributed by atoms with E-state index in [9.17, 15) is 28.8 Å². The normalized spacial score (nSPS) is 13.4. The van der Waals surface area contributed by atoms with Crippen molar-refractivity contribution < 1.29 is 44.1 Å². The van der Waals surface area contributed by atoms with Crippen molar-refractivity contribution in [3.05, 3.63) is 0 Å². The Labute approximate surface area is 170 Å². The zero-order valence-corrected chi connectivity index (χ0v) is 16.2. The highest BCUT2D eigenvalue weighted by Gasteiger charge is 2.29. The van der Waals surface area contributed by atoms with Crippen LogP contribution in [0.15, 0.2) is 0 Å². The van der Waals surface area contributed by atoms with Gasteiger partial charge in [-0.1, -0.05) is 0 Å². The maximum Gasteiger partial charge on any atom is 0.326 e. The van der Waals surface area contributed by atoms with E-state index in [4.69, 9.17) is 21.1 Å². The first-order valence-electron chi connectivity index (χ1n) is 8.39. The van der Waals surface area contributed by atoms with E-state index in [1.54, 1.807) is 0 Å². The molecule has 0 bridgehead atoms. The minimum atomic E-state index is -1.50. The van der Waals surface area contributed by atoms with Crippen molar-refractivity contribution in [1.82, 2.24) is 16.0 Å². The van der Waals surface area contributed by atoms with Gasteiger partial charge < -0.3 is 37.0 Å². The van der Waals surface area contributed by atoms with Crippen molar-refractivity contribution in [3.8, 4) is 0 Å². The predicted molar refractivity (Wildman–Crippen MR) is 100 cm³/mol. The lowest BCUT2D eigenvalue weighted by Gasteiger charge is -2.23. The van der Waals surface area contributed by atoms with Gasteiger partial charge >= 0.3 is 17.9 Å². The highest BCUT2D eigenvalue weighted by molar-refractivity contribution is 7.80. The monoisotopic (exact) mass is 436 g/mol. The number of nitrogens with two attached hydrogens (primary N) is 1. The van der Waals surface area contributed by atoms with Crippen LogP contribution in [0.2, 0.25) is 0 Å². The smallest absolute Gasteiger partial charge is 0.326 e. The second kappa shape index (κ2) is 13.3. The van der Waals surface area contributed by atoms with Crippen LogP contribution in [-0.4, -0.2) is 81.4 Å². The van der Waals surface area contributed by atoms with Gasteiger partial charge in [0.25, 0.3) is 0 Å². The van der Waals surface area contributed by atoms with Crippen LogP contribution < -0.4 is 21.7 Å². The van der Waals surface area contributed by atoms with E-state index in [0.717, 1.165) is 0 Å². The number of carbonyl (C=O) groups excluding carboxylic acids is 3. The van der Waals surface area contributed by atoms with Crippen LogP contribution in [0, 0.1) is 0 Å². The number of aliphatic carboxylic acids is 3. The second-order valence-corrected chi connectivity index (χ2v) is 6.20. The summed E-state index contributed by atoms with van der Waals surface area (Å²) >= 11 is 3.91. The topological polar surface area (TPSA) is 225 Å². The first-order chi connectivity index (χ1) is 13.5. The van der Waals surface area contributed by atoms with E-state index in [1.165, 1.54) is 0 Å². The predicted octanol–water partition coefficient (Wildman–Crippen LogP) is -2.86. The van der Waals surface area contributed by atoms with Gasteiger partial charge in [-0.05, 0) is 12.8 Å². The molecule has 3 unspecified atom stereocenters. The molecule has 0 rings (SSSR count). The number of nitrogens with one attached hydrogen (secondary N) is 3. The Balaban J connectivity index is 5.10. The third kappa shape index (κ3) is 10.9. The number of carboxylic acids is 3. The van der Waals surface area contributed by atoms with Crippen molar-refractivity contribution in [1.29, 1.82) is 0 Å². The molecule has 14 heteroatoms. The summed E-state index contributed by atoms with van der Waals surface area (Å²) in [5.41, 5.74) is 5.15. The summed E-state index contributed by atoms with van der Waals surface area (Å²) in [6.07, 6.45) is -1.60. The number of thiol groups is 1. The van der Waals surface area contributed by atoms with Crippen LogP contribution in [-0.2, 0) is 28.8 Å². The summed E-state index contributed by atoms with van der Waals surface area (Å²) in [5, 5.41) is 33.0. The standard InChI is InChI=1S/C15H24N4O9S/c16-5-10(20)17-7(1-3-11(21)22)13(25)19-9(6-29)14(26)18-8(15(27)28)2-4-12(23)24/h7-9,29H,1-6,16H2,(H,17,20)(H,18,26)(H,19,25)(H,21,22)(H,23,24)(H,27,28). The quantitative estimate of drug-likeness (QED) is 0.130. The Morgan fingerprint density at radius 1 is 0.759 bits per heavy atom. The molecule has 0 fully saturated rings. The number of amides is 3. The third-order valence-corrected chi connectivity index (χ3v) is 3.93. The molecular weight excluding hydrogens is 412 g/mol. The minimum absolute atomic E-state index is 0.251. The fourth-order valence-corrected chi connectivity index (χ4v) is 2.31. The van der Waals surface area contributed by atoms with Crippen LogP contribution in [0.25, 0.3) is 0 Å². The summed E-state index contributed by atoms with van der Waals surface area (Å²) in [4.78, 5) is 68.5. The zero-order chi connectivity index (χ0) is 22.6. The summed E-state index contributed by atoms with van der Waals surface area (Å²) < 4.78 is 0. The van der Waals surface area contributed by atoms with Gasteiger partial charge in [0, 0.05) is 18.6 Å². The van der Waals surface area contributed by atoms with E-state index in [1.807, 2.05) is 0 Å². The van der Waals surface area contributed by atoms with Crippen LogP contribution in [0.3, 0.4) is 0 Å². The van der Waals surface area contributed by atoms with Gasteiger partial charge in [-0.15, -0.1) is 0 Å². The van der Waals surface area contributed by atoms with Crippen molar-refractivity contribution in [2.75, 3.05) is 12.3 Å². The molecule has 0 aliphatic carbocycles. The molecule has 0 aromatic heterocycles. The van der Waals surface area contributed by atoms with Crippen molar-refractivity contribution in [2.24, 2.45) is 5.73 Å². The van der Waals surface area contributed by atoms with Gasteiger partial charge in [-0.2, -0.15) is 12.6 Å². The molecule has 0 aromatic rings. The molecule has 0 spiro atoms. The number of hydrogen-bond acceptors (Lipinski definition) is 8. The van der Waals surface area contributed by atoms with Gasteiger partial charge in [-0.25, -0.2) is 4.79 Å². The summed E-state index contributed by atoms with van der Waals surface area (Å²) in [6.45, 7) is -0.447. The highest BCUT2D eigenvalue weighted by Crippen LogP contribution is 2.03. The Kier molecular flexibility index (Phi) is 12.0. The highest BCUT2D eigenvalue weighted by atomic mass is 32.1. The van der Waals surface area contributed by atoms with Gasteiger partial charge in [0.1, 0.15) is 18.1 Å². The van der Waals surface area contributed by atoms with Gasteiger partial charge in [-0.3, -0.25) is 24.0 Å². The summed E-state index contributed by atoms with van der Waals surface area (Å²) in [7, 11) is 0. The SMILES string of the molecule is NCC(=O)NC(CCC(=O)O)C(=O)NC(CS)C(=O)NC(CCC(=O)O)C(=O)O. The van der Waals surface area contributed by atoms with Crippen LogP contribution in [0.1, 0.15) is 25.7 Å². The number of hydrogen-bond donors (Lipinski definition) is 8. The number of rotatable bonds is 14. The van der Waals surface area contributed by atoms with E-state index in [0.29, 0.717) is 0 Å². The van der Waals surface area contributed by atoms with Crippen molar-refractivity contribution in [3.63, 3.8) is 0 Å². The average molecular weight is 436 g/mol. The molecule has 164 valence electrons. The maximum atomic E-state index is 12.3. The molecule has 8 N–H and O–H groups in total. The molecule has 13 nitrogen and oxygen atoms in total. The van der Waals surface area contributed by atoms with Gasteiger partial charge in [0.15, 0.2) is 0 Å². The Bertz CT molecular complexity index is 643. The first-order valence-corrected chi connectivity index (χ1v) is 9.02. The molecule has 0 saturated heterocycles. The number of carboxylic acid groups (broad SMARTS) is 3. The van der Waals surface area contributed by atoms with Gasteiger partial charge in [0.2, 0.25) is 17.7 Å². The van der Waals surface area contributed by atoms with Crippen molar-refractivity contribution in [2.45, 2.75) is 43.8 Å². The molecular formula is C15H24N4O9S. The molecule has 0 saturated carbocycles. The lowest BCUT2D eigenvalue weighted by molar-refractivity contribution is -0.143. The molecule has 0 aliphatic rings. The Morgan fingerprint density at radius 3 is 1.62 bits per heavy atom. The largest absolute Gasteiger partial charge is 0.481 e. The lowest BCUT2D eigenvalue weighted by atomic mass is 10.1. The van der Waals surface area contributed by atoms with Crippen LogP contribution >= 0.6 is 12.6 Å². The molecule has 0 heterocycles. The number of carbonyl (C=O) groups is 6. The second-order valence-electron chi connectivity index (χ2n) is 5.83. The third-order valence-electron chi connectivity index (χ3n) is 3.56. The van der Waals surface area contributed by atoms with E-state index in [-0.39, 0.29) is 18.6 Å². The Morgan fingerprint density at radius 2 is 1.21 bits per heavy atom. The van der Waals surface area contributed by atoms with Gasteiger partial charge in [0.05, 0.1) is 6.54 Å². The fraction of sp³-hybridized carbons (Fsp3) is 0.600. The van der Waals surface area contributed by atoms with E-state index in [2.05, 4.69) is 28.6 Å². The van der Waals surface area contributed by atoms with Crippen molar-refractivity contribution >= 4 is 48.3 Å². The zero-order valence-electron chi connectivity index (χ0n) is 15.3. The summed E-state index contributed by atoms with van der Waals surface area (Å²) in [5.74, 6) is -6.72. The van der Waals surface area contributed by atoms with Crippen LogP contribution in [0.5, 0.6) is 0 Å². The Hall–Kier alpha value is -2.87. The van der Waals surface area contributed by atoms with E-state index >= 15 is 0 Å². The fourth-order valence-electron chi connectivity index (χ4n) is 2.05. The summed E-state index contributed by atoms with van der Waals surface area (Å²) in [6, 6.07) is -4.11. The average Bonchev–Trinajstić information content (AvgIpc) is 2.64. The first kappa shape index (κ1) is 26.1. The van der Waals surface area contributed by atoms with Crippen LogP contribution in [0.4, 0.5) is 0 Å². The lowest BCUT2D eigenvalue weighted by Crippen LogP contribution is -2.57. The molecule has 0 radical (unpaired) electrons. The molecule has 0 aromatic carbocycles. The molecule has 3 amide bonds. The molecule has 29 heavy (non-hydrogen) atoms. The minimum Gasteiger partial charge on any atom is -0.481 e. The maximum absolute atomic E-state index is 12.3. The molecule has 0 aliphatic heterocycles. The molecule has 3 atom stereocenters.